The normalized spacial score (nSPS) is 14.8. The maximum atomic E-state index is 13.4. The van der Waals surface area contributed by atoms with Gasteiger partial charge in [-0.2, -0.15) is 10.2 Å². The average Bonchev–Trinajstić information content (AvgIpc) is 3.14. The molecule has 0 unspecified atom stereocenters. The molecule has 2 aliphatic rings. The largest absolute Gasteiger partial charge is 1.00 e. The van der Waals surface area contributed by atoms with Gasteiger partial charge in [0, 0.05) is 11.4 Å². The van der Waals surface area contributed by atoms with Crippen molar-refractivity contribution in [2.24, 2.45) is 10.2 Å². The Labute approximate surface area is 453 Å². The Hall–Kier alpha value is -2.52. The topological polar surface area (TPSA) is 382 Å². The Bertz CT molecular complexity index is 2990. The number of nitrogen functional groups attached to an aromatic ring is 2. The molecule has 0 amide bonds. The molecular weight excluding hydrogens is 969 g/mol. The number of carbonyl (C=O) groups excluding carboxylic acids is 2. The number of ketones is 2. The number of nitrogens with two attached hydrogens (primary N) is 2. The molecule has 0 aliphatic heterocycles. The van der Waals surface area contributed by atoms with E-state index in [0.29, 0.717) is 47.5 Å². The minimum absolute atomic E-state index is 0. The first kappa shape index (κ1) is 57.6. The van der Waals surface area contributed by atoms with E-state index in [1.165, 1.54) is 50.6 Å². The summed E-state index contributed by atoms with van der Waals surface area (Å²) >= 11 is 0. The number of anilines is 4. The standard InChI is InChI=1S/C34H28N6O16S4.4Na/c1-55-25-9-15(3-5-23(25)37-39-31-27(59(49,50)51)11-17-7-19(57(43,44)45)13-21(35)29(17)33(31)41)16-4-6-24(26(10-16)56-2)38-40-32-28(60(52,53)54)12-18-8-20(58(46,47)48)14-22(36)30(18)34(32)42;;;;/h3-14,37-38H,35-36H2,1-2H3,(H,43,44,45)(H,46,47,48)(H,49,50,51)(H,52,53,54);;;;/q;4*+1/p-4. The predicted octanol–water partition coefficient (Wildman–Crippen LogP) is -10.5. The molecule has 64 heavy (non-hydrogen) atoms. The summed E-state index contributed by atoms with van der Waals surface area (Å²) in [5, 5.41) is 7.69. The summed E-state index contributed by atoms with van der Waals surface area (Å²) in [6.45, 7) is 0. The first-order valence-corrected chi connectivity index (χ1v) is 21.7. The Morgan fingerprint density at radius 1 is 0.516 bits per heavy atom. The fourth-order valence-corrected chi connectivity index (χ4v) is 8.37. The van der Waals surface area contributed by atoms with Crippen molar-refractivity contribution in [3.63, 3.8) is 0 Å². The van der Waals surface area contributed by atoms with Crippen molar-refractivity contribution in [3.8, 4) is 22.6 Å². The maximum absolute atomic E-state index is 13.4. The number of ether oxygens (including phenoxy) is 2. The molecule has 6 N–H and O–H groups in total. The zero-order valence-electron chi connectivity index (χ0n) is 34.1. The van der Waals surface area contributed by atoms with Crippen LogP contribution in [0.1, 0.15) is 31.8 Å². The van der Waals surface area contributed by atoms with Crippen molar-refractivity contribution < 1.29 is 189 Å². The summed E-state index contributed by atoms with van der Waals surface area (Å²) in [6.07, 6.45) is 1.32. The number of hydrazone groups is 2. The molecule has 0 saturated heterocycles. The van der Waals surface area contributed by atoms with E-state index >= 15 is 0 Å². The molecule has 0 radical (unpaired) electrons. The first-order valence-electron chi connectivity index (χ1n) is 16.1. The van der Waals surface area contributed by atoms with Gasteiger partial charge in [-0.05, 0) is 82.9 Å². The second kappa shape index (κ2) is 21.6. The number of methoxy groups -OCH3 is 2. The molecule has 0 aromatic heterocycles. The number of allylic oxidation sites excluding steroid dienone is 2. The molecule has 0 atom stereocenters. The van der Waals surface area contributed by atoms with Crippen LogP contribution in [0.5, 0.6) is 11.5 Å². The molecule has 0 bridgehead atoms. The number of rotatable bonds is 11. The van der Waals surface area contributed by atoms with Crippen molar-refractivity contribution in [2.45, 2.75) is 9.79 Å². The zero-order valence-corrected chi connectivity index (χ0v) is 45.4. The van der Waals surface area contributed by atoms with Gasteiger partial charge in [-0.3, -0.25) is 20.4 Å². The van der Waals surface area contributed by atoms with E-state index in [2.05, 4.69) is 21.1 Å². The molecular formula is C34H24N6Na4O16S4. The van der Waals surface area contributed by atoms with Gasteiger partial charge in [0.25, 0.3) is 0 Å². The quantitative estimate of drug-likeness (QED) is 0.0469. The smallest absolute Gasteiger partial charge is 0.744 e. The Morgan fingerprint density at radius 2 is 0.844 bits per heavy atom. The Kier molecular flexibility index (Phi) is 19.5. The van der Waals surface area contributed by atoms with Gasteiger partial charge in [-0.1, -0.05) is 12.1 Å². The SMILES string of the molecule is COc1cc(-c2ccc(NN=C3C(=O)c4c(N)cc(S(=O)(=O)[O-])cc4C=C3S(=O)(=O)[O-])c(OC)c2)ccc1NN=C1C(=O)c2c(N)cc(S(=O)(=O)[O-])cc2C=C1S(=O)(=O)[O-].[Na+].[Na+].[Na+].[Na+]. The van der Waals surface area contributed by atoms with Gasteiger partial charge < -0.3 is 39.2 Å². The molecule has 2 aliphatic carbocycles. The van der Waals surface area contributed by atoms with Crippen molar-refractivity contribution in [1.82, 2.24) is 0 Å². The first-order chi connectivity index (χ1) is 27.8. The van der Waals surface area contributed by atoms with Gasteiger partial charge in [-0.25, -0.2) is 33.7 Å². The van der Waals surface area contributed by atoms with Gasteiger partial charge in [0.2, 0.25) is 11.6 Å². The van der Waals surface area contributed by atoms with Gasteiger partial charge in [0.05, 0.1) is 56.3 Å². The summed E-state index contributed by atoms with van der Waals surface area (Å²) in [7, 11) is -18.5. The van der Waals surface area contributed by atoms with E-state index in [0.717, 1.165) is 0 Å². The molecule has 22 nitrogen and oxygen atoms in total. The van der Waals surface area contributed by atoms with Crippen LogP contribution in [0.25, 0.3) is 23.3 Å². The van der Waals surface area contributed by atoms with Crippen LogP contribution in [0.15, 0.2) is 90.5 Å². The van der Waals surface area contributed by atoms with E-state index in [4.69, 9.17) is 20.9 Å². The fraction of sp³-hybridized carbons (Fsp3) is 0.0588. The van der Waals surface area contributed by atoms with Crippen molar-refractivity contribution in [1.29, 1.82) is 0 Å². The molecule has 6 rings (SSSR count). The van der Waals surface area contributed by atoms with Gasteiger partial charge >= 0.3 is 118 Å². The van der Waals surface area contributed by atoms with E-state index in [1.54, 1.807) is 0 Å². The summed E-state index contributed by atoms with van der Waals surface area (Å²) < 4.78 is 153. The van der Waals surface area contributed by atoms with Crippen molar-refractivity contribution >= 4 is 98.4 Å². The summed E-state index contributed by atoms with van der Waals surface area (Å²) in [4.78, 5) is 22.8. The van der Waals surface area contributed by atoms with Gasteiger partial charge in [-0.15, -0.1) is 0 Å². The van der Waals surface area contributed by atoms with Crippen LogP contribution in [0.4, 0.5) is 22.7 Å². The molecule has 4 aromatic carbocycles. The summed E-state index contributed by atoms with van der Waals surface area (Å²) in [6, 6.07) is 11.5. The van der Waals surface area contributed by atoms with Crippen LogP contribution in [0.3, 0.4) is 0 Å². The number of hydrogen-bond donors (Lipinski definition) is 4. The minimum atomic E-state index is -5.43. The van der Waals surface area contributed by atoms with Crippen LogP contribution in [0.2, 0.25) is 0 Å². The summed E-state index contributed by atoms with van der Waals surface area (Å²) in [5.41, 5.74) is 13.1. The third-order valence-electron chi connectivity index (χ3n) is 8.70. The maximum Gasteiger partial charge on any atom is 1.00 e. The van der Waals surface area contributed by atoms with Crippen LogP contribution in [0, 0.1) is 0 Å². The van der Waals surface area contributed by atoms with Gasteiger partial charge in [0.15, 0.2) is 0 Å². The van der Waals surface area contributed by atoms with E-state index in [1.807, 2.05) is 0 Å². The number of carbonyl (C=O) groups is 2. The molecule has 314 valence electrons. The Balaban J connectivity index is 0.00000352. The van der Waals surface area contributed by atoms with Crippen molar-refractivity contribution in [3.05, 3.63) is 92.7 Å². The summed E-state index contributed by atoms with van der Waals surface area (Å²) in [5.74, 6) is -2.25. The minimum Gasteiger partial charge on any atom is -0.744 e. The number of nitrogens with one attached hydrogen (secondary N) is 2. The molecule has 0 spiro atoms. The number of benzene rings is 4. The average molecular weight is 993 g/mol. The predicted molar refractivity (Wildman–Crippen MR) is 209 cm³/mol. The Morgan fingerprint density at radius 3 is 1.12 bits per heavy atom. The van der Waals surface area contributed by atoms with Crippen LogP contribution in [-0.4, -0.2) is 89.1 Å². The van der Waals surface area contributed by atoms with Crippen molar-refractivity contribution in [2.75, 3.05) is 36.5 Å². The molecule has 0 heterocycles. The number of nitrogens with zero attached hydrogens (tertiary/aromatic N) is 2. The van der Waals surface area contributed by atoms with Crippen LogP contribution >= 0.6 is 0 Å². The second-order valence-corrected chi connectivity index (χ2v) is 17.9. The molecule has 30 heteroatoms. The second-order valence-electron chi connectivity index (χ2n) is 12.4. The van der Waals surface area contributed by atoms with E-state index in [9.17, 15) is 61.5 Å². The van der Waals surface area contributed by atoms with E-state index in [-0.39, 0.29) is 141 Å². The van der Waals surface area contributed by atoms with Crippen LogP contribution in [-0.2, 0) is 40.5 Å². The number of Topliss-reactive ketones (excluding diaryl/α,β-unsaturated/α-hetero) is 2. The molecule has 0 fully saturated rings. The van der Waals surface area contributed by atoms with Gasteiger partial charge in [0.1, 0.15) is 63.4 Å². The number of fused-ring (bicyclic) bond motifs is 2. The zero-order chi connectivity index (χ0) is 44.3. The fourth-order valence-electron chi connectivity index (χ4n) is 5.99. The molecule has 4 aromatic rings. The monoisotopic (exact) mass is 992 g/mol. The third-order valence-corrected chi connectivity index (χ3v) is 12.0. The molecule has 0 saturated carbocycles. The van der Waals surface area contributed by atoms with Crippen LogP contribution < -0.4 is 150 Å². The number of hydrogen-bond acceptors (Lipinski definition) is 22. The third kappa shape index (κ3) is 12.1. The van der Waals surface area contributed by atoms with E-state index < -0.39 is 117 Å².